The Kier molecular flexibility index (Phi) is 4.94. The number of thiazole rings is 1. The Bertz CT molecular complexity index is 643. The molecule has 2 aromatic rings. The third-order valence-corrected chi connectivity index (χ3v) is 4.70. The minimum absolute atomic E-state index is 0.106. The van der Waals surface area contributed by atoms with Crippen LogP contribution in [0.3, 0.4) is 0 Å². The molecular formula is C15H20N4O3S. The number of aliphatic hydroxyl groups is 1. The number of aliphatic hydroxyl groups excluding tert-OH is 1. The van der Waals surface area contributed by atoms with E-state index in [2.05, 4.69) is 15.2 Å². The summed E-state index contributed by atoms with van der Waals surface area (Å²) in [6.07, 6.45) is 2.34. The van der Waals surface area contributed by atoms with Crippen molar-refractivity contribution < 1.29 is 14.3 Å². The third-order valence-electron chi connectivity index (χ3n) is 3.79. The van der Waals surface area contributed by atoms with Gasteiger partial charge in [0.15, 0.2) is 5.13 Å². The van der Waals surface area contributed by atoms with E-state index in [9.17, 15) is 9.90 Å². The number of anilines is 1. The first-order valence-corrected chi connectivity index (χ1v) is 8.37. The van der Waals surface area contributed by atoms with E-state index in [-0.39, 0.29) is 5.91 Å². The summed E-state index contributed by atoms with van der Waals surface area (Å²) < 4.78 is 4.96. The van der Waals surface area contributed by atoms with Crippen LogP contribution in [0.4, 0.5) is 5.13 Å². The largest absolute Gasteiger partial charge is 0.472 e. The summed E-state index contributed by atoms with van der Waals surface area (Å²) in [7, 11) is 1.84. The first-order chi connectivity index (χ1) is 11.2. The van der Waals surface area contributed by atoms with Crippen molar-refractivity contribution in [1.29, 1.82) is 0 Å². The van der Waals surface area contributed by atoms with Gasteiger partial charge < -0.3 is 19.7 Å². The Morgan fingerprint density at radius 3 is 3.09 bits per heavy atom. The minimum Gasteiger partial charge on any atom is -0.472 e. The van der Waals surface area contributed by atoms with E-state index in [1.165, 1.54) is 12.5 Å². The van der Waals surface area contributed by atoms with Gasteiger partial charge in [-0.2, -0.15) is 0 Å². The predicted molar refractivity (Wildman–Crippen MR) is 87.6 cm³/mol. The molecule has 7 nitrogen and oxygen atoms in total. The van der Waals surface area contributed by atoms with Crippen molar-refractivity contribution >= 4 is 22.4 Å². The normalized spacial score (nSPS) is 19.6. The fraction of sp³-hybridized carbons (Fsp3) is 0.467. The van der Waals surface area contributed by atoms with Gasteiger partial charge in [-0.15, -0.1) is 11.3 Å². The first-order valence-electron chi connectivity index (χ1n) is 7.49. The fourth-order valence-electron chi connectivity index (χ4n) is 2.68. The van der Waals surface area contributed by atoms with E-state index in [1.54, 1.807) is 22.3 Å². The minimum atomic E-state index is -0.573. The molecular weight excluding hydrogens is 316 g/mol. The van der Waals surface area contributed by atoms with Crippen LogP contribution in [-0.2, 0) is 6.54 Å². The Morgan fingerprint density at radius 1 is 1.52 bits per heavy atom. The van der Waals surface area contributed by atoms with Gasteiger partial charge in [0.05, 0.1) is 23.6 Å². The summed E-state index contributed by atoms with van der Waals surface area (Å²) >= 11 is 1.56. The van der Waals surface area contributed by atoms with Crippen LogP contribution < -0.4 is 5.32 Å². The molecule has 23 heavy (non-hydrogen) atoms. The van der Waals surface area contributed by atoms with Crippen LogP contribution in [0.15, 0.2) is 28.4 Å². The number of furan rings is 1. The molecule has 1 aliphatic heterocycles. The molecule has 0 radical (unpaired) electrons. The quantitative estimate of drug-likeness (QED) is 0.870. The molecule has 1 atom stereocenters. The molecule has 0 bridgehead atoms. The van der Waals surface area contributed by atoms with Gasteiger partial charge in [0.25, 0.3) is 5.91 Å². The van der Waals surface area contributed by atoms with E-state index >= 15 is 0 Å². The number of β-amino-alcohol motifs (C(OH)–C–C–N with tert-alkyl or cyclic N) is 1. The molecule has 2 N–H and O–H groups in total. The van der Waals surface area contributed by atoms with Crippen molar-refractivity contribution in [2.45, 2.75) is 12.6 Å². The van der Waals surface area contributed by atoms with Gasteiger partial charge in [-0.25, -0.2) is 4.98 Å². The number of carbonyl (C=O) groups is 1. The highest BCUT2D eigenvalue weighted by atomic mass is 32.1. The second-order valence-corrected chi connectivity index (χ2v) is 6.40. The number of rotatable bonds is 4. The zero-order chi connectivity index (χ0) is 16.2. The van der Waals surface area contributed by atoms with Crippen LogP contribution in [0.2, 0.25) is 0 Å². The van der Waals surface area contributed by atoms with Gasteiger partial charge in [-0.1, -0.05) is 0 Å². The van der Waals surface area contributed by atoms with Gasteiger partial charge in [0.1, 0.15) is 6.26 Å². The zero-order valence-corrected chi connectivity index (χ0v) is 13.8. The Hall–Kier alpha value is -1.90. The highest BCUT2D eigenvalue weighted by molar-refractivity contribution is 7.13. The highest BCUT2D eigenvalue weighted by Gasteiger charge is 2.26. The molecule has 1 fully saturated rings. The summed E-state index contributed by atoms with van der Waals surface area (Å²) in [6.45, 7) is 2.81. The standard InChI is InChI=1S/C15H20N4O3S/c1-16-15-17-12(10-23-15)6-18-3-4-19(8-13(20)7-18)14(21)11-2-5-22-9-11/h2,5,9-10,13,20H,3-4,6-8H2,1H3,(H,16,17)/t13-/m1/s1. The van der Waals surface area contributed by atoms with Crippen molar-refractivity contribution in [3.8, 4) is 0 Å². The van der Waals surface area contributed by atoms with Gasteiger partial charge in [0, 0.05) is 45.2 Å². The topological polar surface area (TPSA) is 81.8 Å². The molecule has 0 spiro atoms. The average Bonchev–Trinajstić information content (AvgIpc) is 3.18. The van der Waals surface area contributed by atoms with E-state index in [4.69, 9.17) is 4.42 Å². The molecule has 3 heterocycles. The van der Waals surface area contributed by atoms with Gasteiger partial charge >= 0.3 is 0 Å². The van der Waals surface area contributed by atoms with E-state index in [0.717, 1.165) is 10.8 Å². The van der Waals surface area contributed by atoms with Crippen molar-refractivity contribution in [2.75, 3.05) is 38.5 Å². The van der Waals surface area contributed by atoms with Crippen molar-refractivity contribution in [3.05, 3.63) is 35.2 Å². The second kappa shape index (κ2) is 7.12. The number of amides is 1. The van der Waals surface area contributed by atoms with E-state index < -0.39 is 6.10 Å². The smallest absolute Gasteiger partial charge is 0.257 e. The number of aromatic nitrogens is 1. The number of hydrogen-bond donors (Lipinski definition) is 2. The van der Waals surface area contributed by atoms with Crippen LogP contribution in [0, 0.1) is 0 Å². The molecule has 0 aliphatic carbocycles. The molecule has 0 unspecified atom stereocenters. The Labute approximate surface area is 138 Å². The van der Waals surface area contributed by atoms with Crippen molar-refractivity contribution in [2.24, 2.45) is 0 Å². The van der Waals surface area contributed by atoms with Gasteiger partial charge in [-0.3, -0.25) is 9.69 Å². The van der Waals surface area contributed by atoms with Gasteiger partial charge in [-0.05, 0) is 6.07 Å². The number of carbonyl (C=O) groups excluding carboxylic acids is 1. The van der Waals surface area contributed by atoms with Crippen molar-refractivity contribution in [3.63, 3.8) is 0 Å². The lowest BCUT2D eigenvalue weighted by Crippen LogP contribution is -2.37. The maximum Gasteiger partial charge on any atom is 0.257 e. The summed E-state index contributed by atoms with van der Waals surface area (Å²) in [5.41, 5.74) is 1.49. The number of nitrogens with one attached hydrogen (secondary N) is 1. The van der Waals surface area contributed by atoms with Crippen LogP contribution >= 0.6 is 11.3 Å². The maximum absolute atomic E-state index is 12.4. The predicted octanol–water partition coefficient (Wildman–Crippen LogP) is 1.10. The SMILES string of the molecule is CNc1nc(CN2CCN(C(=O)c3ccoc3)C[C@H](O)C2)cs1. The summed E-state index contributed by atoms with van der Waals surface area (Å²) in [4.78, 5) is 20.7. The molecule has 1 aliphatic rings. The van der Waals surface area contributed by atoms with Gasteiger partial charge in [0.2, 0.25) is 0 Å². The fourth-order valence-corrected chi connectivity index (χ4v) is 3.34. The number of nitrogens with zero attached hydrogens (tertiary/aromatic N) is 3. The lowest BCUT2D eigenvalue weighted by atomic mass is 10.2. The summed E-state index contributed by atoms with van der Waals surface area (Å²) in [5.74, 6) is -0.106. The second-order valence-electron chi connectivity index (χ2n) is 5.55. The molecule has 124 valence electrons. The Balaban J connectivity index is 1.62. The molecule has 1 saturated heterocycles. The zero-order valence-electron chi connectivity index (χ0n) is 12.9. The highest BCUT2D eigenvalue weighted by Crippen LogP contribution is 2.17. The molecule has 1 amide bonds. The molecule has 0 aromatic carbocycles. The van der Waals surface area contributed by atoms with Crippen LogP contribution in [-0.4, -0.2) is 65.1 Å². The third kappa shape index (κ3) is 3.90. The lowest BCUT2D eigenvalue weighted by molar-refractivity contribution is 0.0662. The first kappa shape index (κ1) is 16.0. The van der Waals surface area contributed by atoms with Crippen LogP contribution in [0.25, 0.3) is 0 Å². The van der Waals surface area contributed by atoms with Crippen LogP contribution in [0.5, 0.6) is 0 Å². The Morgan fingerprint density at radius 2 is 2.39 bits per heavy atom. The number of hydrogen-bond acceptors (Lipinski definition) is 7. The van der Waals surface area contributed by atoms with E-state index in [1.807, 2.05) is 12.4 Å². The molecule has 0 saturated carbocycles. The maximum atomic E-state index is 12.4. The molecule has 3 rings (SSSR count). The van der Waals surface area contributed by atoms with Crippen LogP contribution in [0.1, 0.15) is 16.1 Å². The summed E-state index contributed by atoms with van der Waals surface area (Å²) in [5, 5.41) is 16.1. The summed E-state index contributed by atoms with van der Waals surface area (Å²) in [6, 6.07) is 1.64. The van der Waals surface area contributed by atoms with Crippen molar-refractivity contribution in [1.82, 2.24) is 14.8 Å². The average molecular weight is 336 g/mol. The molecule has 2 aromatic heterocycles. The monoisotopic (exact) mass is 336 g/mol. The van der Waals surface area contributed by atoms with E-state index in [0.29, 0.717) is 38.3 Å². The molecule has 8 heteroatoms. The lowest BCUT2D eigenvalue weighted by Gasteiger charge is -2.20.